The van der Waals surface area contributed by atoms with Crippen molar-refractivity contribution in [1.82, 2.24) is 0 Å². The zero-order chi connectivity index (χ0) is 54.2. The van der Waals surface area contributed by atoms with Crippen LogP contribution in [-0.4, -0.2) is 160 Å². The third-order valence-electron chi connectivity index (χ3n) is 13.9. The lowest BCUT2D eigenvalue weighted by molar-refractivity contribution is -0.331. The molecule has 0 aliphatic carbocycles. The van der Waals surface area contributed by atoms with Crippen molar-refractivity contribution in [1.29, 1.82) is 0 Å². The van der Waals surface area contributed by atoms with E-state index in [1.807, 2.05) is 0 Å². The normalized spacial score (nSPS) is 25.4. The van der Waals surface area contributed by atoms with Crippen LogP contribution in [0.15, 0.2) is 0 Å². The van der Waals surface area contributed by atoms with Crippen LogP contribution in [0.2, 0.25) is 0 Å². The summed E-state index contributed by atoms with van der Waals surface area (Å²) in [6.07, 6.45) is 19.1. The molecule has 12 atom stereocenters. The number of hydrogen-bond donors (Lipinski definition) is 8. The van der Waals surface area contributed by atoms with Crippen molar-refractivity contribution in [3.05, 3.63) is 0 Å². The van der Waals surface area contributed by atoms with E-state index in [1.54, 1.807) is 0 Å². The van der Waals surface area contributed by atoms with Crippen molar-refractivity contribution in [3.63, 3.8) is 0 Å². The van der Waals surface area contributed by atoms with Gasteiger partial charge in [0.2, 0.25) is 0 Å². The minimum Gasteiger partial charge on any atom is -0.462 e. The van der Waals surface area contributed by atoms with Gasteiger partial charge in [0.25, 0.3) is 0 Å². The first-order valence-corrected chi connectivity index (χ1v) is 30.4. The van der Waals surface area contributed by atoms with E-state index in [2.05, 4.69) is 13.8 Å². The van der Waals surface area contributed by atoms with Crippen LogP contribution < -0.4 is 0 Å². The summed E-state index contributed by atoms with van der Waals surface area (Å²) in [6.45, 7) is 1.67. The number of ether oxygens (including phenoxy) is 6. The fourth-order valence-corrected chi connectivity index (χ4v) is 9.93. The minimum atomic E-state index is -4.73. The third kappa shape index (κ3) is 31.9. The predicted molar refractivity (Wildman–Crippen MR) is 279 cm³/mol. The molecular weight excluding hydrogens is 984 g/mol. The number of aliphatic hydroxyl groups excluding tert-OH is 7. The number of phosphoric acid groups is 1. The Bertz CT molecular complexity index is 1410. The standard InChI is InChI=1S/C54H103O19P/c1-3-5-7-9-11-13-15-17-19-21-23-25-27-29-31-34-45(56)67-39-42(71-46(57)35-32-30-28-26-24-22-20-18-16-14-12-10-8-6-4-2)40-70-74(64,65)69-37-33-36-66-53-51(62)50(61)48(59)44(73-53)41-68-54-52(63)49(60)47(58)43(38-55)72-54/h42-44,47-55,58-63H,3-41H2,1-2H3,(H,64,65)/t42-,43-,44-,47-,48-,49+,50+,51+,52+,53+,54+/m1/s1. The van der Waals surface area contributed by atoms with Crippen LogP contribution in [0.5, 0.6) is 0 Å². The Morgan fingerprint density at radius 1 is 0.459 bits per heavy atom. The van der Waals surface area contributed by atoms with E-state index < -0.39 is 107 Å². The van der Waals surface area contributed by atoms with E-state index in [1.165, 1.54) is 141 Å². The van der Waals surface area contributed by atoms with Crippen LogP contribution in [0.1, 0.15) is 226 Å². The molecule has 2 fully saturated rings. The zero-order valence-corrected chi connectivity index (χ0v) is 46.3. The molecule has 2 aliphatic rings. The molecule has 0 amide bonds. The Balaban J connectivity index is 1.75. The molecule has 0 saturated carbocycles. The maximum Gasteiger partial charge on any atom is 0.472 e. The number of rotatable bonds is 48. The second-order valence-corrected chi connectivity index (χ2v) is 22.0. The number of carbonyl (C=O) groups excluding carboxylic acids is 2. The van der Waals surface area contributed by atoms with Gasteiger partial charge >= 0.3 is 19.8 Å². The summed E-state index contributed by atoms with van der Waals surface area (Å²) in [6, 6.07) is 0. The number of hydrogen-bond acceptors (Lipinski definition) is 18. The quantitative estimate of drug-likeness (QED) is 0.0162. The van der Waals surface area contributed by atoms with Gasteiger partial charge in [0.15, 0.2) is 18.7 Å². The number of unbranched alkanes of at least 4 members (excludes halogenated alkanes) is 28. The maximum atomic E-state index is 12.9. The fourth-order valence-electron chi connectivity index (χ4n) is 9.14. The van der Waals surface area contributed by atoms with Gasteiger partial charge in [0.05, 0.1) is 33.0 Å². The molecule has 438 valence electrons. The van der Waals surface area contributed by atoms with E-state index in [0.717, 1.165) is 38.5 Å². The molecule has 8 N–H and O–H groups in total. The minimum absolute atomic E-state index is 0.0419. The van der Waals surface area contributed by atoms with Crippen molar-refractivity contribution in [3.8, 4) is 0 Å². The number of esters is 2. The summed E-state index contributed by atoms with van der Waals surface area (Å²) in [5.74, 6) is -1.00. The summed E-state index contributed by atoms with van der Waals surface area (Å²) in [5, 5.41) is 71.2. The monoisotopic (exact) mass is 1090 g/mol. The lowest BCUT2D eigenvalue weighted by atomic mass is 9.98. The van der Waals surface area contributed by atoms with Gasteiger partial charge < -0.3 is 69.1 Å². The van der Waals surface area contributed by atoms with Gasteiger partial charge in [0, 0.05) is 12.8 Å². The molecule has 2 heterocycles. The SMILES string of the molecule is CCCCCCCCCCCCCCCCCC(=O)OC[C@H](COP(=O)(O)OCCCO[C@H]1O[C@H](CO[C@H]2O[C@H](CO)[C@@H](O)[C@H](O)[C@@H]2O)[C@@H](O)[C@H](O)[C@@H]1O)OC(=O)CCCCCCCCCCCCCCCCC. The largest absolute Gasteiger partial charge is 0.472 e. The van der Waals surface area contributed by atoms with Crippen molar-refractivity contribution < 1.29 is 92.3 Å². The molecular formula is C54H103O19P. The molecule has 0 radical (unpaired) electrons. The van der Waals surface area contributed by atoms with E-state index >= 15 is 0 Å². The molecule has 0 bridgehead atoms. The predicted octanol–water partition coefficient (Wildman–Crippen LogP) is 8.13. The van der Waals surface area contributed by atoms with Crippen LogP contribution in [0.25, 0.3) is 0 Å². The first-order valence-electron chi connectivity index (χ1n) is 28.9. The van der Waals surface area contributed by atoms with Gasteiger partial charge in [-0.3, -0.25) is 18.6 Å². The molecule has 0 aromatic heterocycles. The number of carbonyl (C=O) groups is 2. The summed E-state index contributed by atoms with van der Waals surface area (Å²) >= 11 is 0. The Kier molecular flexibility index (Phi) is 40.4. The topological polar surface area (TPSA) is 287 Å². The lowest BCUT2D eigenvalue weighted by Crippen LogP contribution is -2.61. The van der Waals surface area contributed by atoms with Gasteiger partial charge in [-0.05, 0) is 19.3 Å². The van der Waals surface area contributed by atoms with Gasteiger partial charge in [-0.25, -0.2) is 4.57 Å². The van der Waals surface area contributed by atoms with Crippen LogP contribution in [0.4, 0.5) is 0 Å². The van der Waals surface area contributed by atoms with Gasteiger partial charge in [-0.2, -0.15) is 0 Å². The summed E-state index contributed by atoms with van der Waals surface area (Å²) in [5.41, 5.74) is 0. The molecule has 2 rings (SSSR count). The average molecular weight is 1090 g/mol. The van der Waals surface area contributed by atoms with E-state index in [0.29, 0.717) is 12.8 Å². The Morgan fingerprint density at radius 2 is 0.851 bits per heavy atom. The van der Waals surface area contributed by atoms with Gasteiger partial charge in [-0.1, -0.05) is 194 Å². The number of aliphatic hydroxyl groups is 7. The van der Waals surface area contributed by atoms with Crippen LogP contribution in [-0.2, 0) is 51.6 Å². The third-order valence-corrected chi connectivity index (χ3v) is 14.9. The molecule has 0 aromatic rings. The molecule has 0 aromatic carbocycles. The molecule has 1 unspecified atom stereocenters. The second kappa shape index (κ2) is 43.5. The van der Waals surface area contributed by atoms with E-state index in [9.17, 15) is 54.8 Å². The van der Waals surface area contributed by atoms with E-state index in [-0.39, 0.29) is 39.1 Å². The Hall–Kier alpha value is -1.39. The second-order valence-electron chi connectivity index (χ2n) is 20.6. The van der Waals surface area contributed by atoms with Crippen LogP contribution in [0.3, 0.4) is 0 Å². The summed E-state index contributed by atoms with van der Waals surface area (Å²) in [4.78, 5) is 36.1. The maximum absolute atomic E-state index is 12.9. The van der Waals surface area contributed by atoms with Gasteiger partial charge in [-0.15, -0.1) is 0 Å². The Labute approximate surface area is 443 Å². The van der Waals surface area contributed by atoms with Crippen LogP contribution in [0, 0.1) is 0 Å². The number of phosphoric ester groups is 1. The van der Waals surface area contributed by atoms with Crippen LogP contribution >= 0.6 is 7.82 Å². The van der Waals surface area contributed by atoms with Gasteiger partial charge in [0.1, 0.15) is 55.4 Å². The molecule has 2 saturated heterocycles. The fraction of sp³-hybridized carbons (Fsp3) is 0.963. The van der Waals surface area contributed by atoms with Crippen molar-refractivity contribution in [2.45, 2.75) is 293 Å². The first-order chi connectivity index (χ1) is 35.7. The van der Waals surface area contributed by atoms with Crippen molar-refractivity contribution in [2.24, 2.45) is 0 Å². The average Bonchev–Trinajstić information content (AvgIpc) is 3.38. The molecule has 2 aliphatic heterocycles. The molecule has 19 nitrogen and oxygen atoms in total. The van der Waals surface area contributed by atoms with Crippen molar-refractivity contribution >= 4 is 19.8 Å². The summed E-state index contributed by atoms with van der Waals surface area (Å²) < 4.78 is 56.0. The first kappa shape index (κ1) is 68.7. The summed E-state index contributed by atoms with van der Waals surface area (Å²) in [7, 11) is -4.73. The highest BCUT2D eigenvalue weighted by atomic mass is 31.2. The molecule has 0 spiro atoms. The van der Waals surface area contributed by atoms with E-state index in [4.69, 9.17) is 37.5 Å². The van der Waals surface area contributed by atoms with Crippen molar-refractivity contribution in [2.75, 3.05) is 39.6 Å². The highest BCUT2D eigenvalue weighted by Gasteiger charge is 2.47. The Morgan fingerprint density at radius 3 is 1.30 bits per heavy atom. The lowest BCUT2D eigenvalue weighted by Gasteiger charge is -2.42. The molecule has 74 heavy (non-hydrogen) atoms. The highest BCUT2D eigenvalue weighted by Crippen LogP contribution is 2.43. The zero-order valence-electron chi connectivity index (χ0n) is 45.4. The smallest absolute Gasteiger partial charge is 0.462 e. The molecule has 20 heteroatoms. The highest BCUT2D eigenvalue weighted by molar-refractivity contribution is 7.47.